The van der Waals surface area contributed by atoms with Gasteiger partial charge in [-0.3, -0.25) is 9.59 Å². The van der Waals surface area contributed by atoms with Gasteiger partial charge in [-0.05, 0) is 24.3 Å². The van der Waals surface area contributed by atoms with Crippen LogP contribution in [-0.4, -0.2) is 65.7 Å². The van der Waals surface area contributed by atoms with Crippen molar-refractivity contribution in [2.75, 3.05) is 42.5 Å². The van der Waals surface area contributed by atoms with Crippen molar-refractivity contribution in [1.82, 2.24) is 15.3 Å². The van der Waals surface area contributed by atoms with Crippen LogP contribution in [0.1, 0.15) is 10.4 Å². The molecular weight excluding hydrogens is 367 g/mol. The molecule has 1 aliphatic rings. The second kappa shape index (κ2) is 8.61. The van der Waals surface area contributed by atoms with Crippen molar-refractivity contribution in [2.45, 2.75) is 6.04 Å². The molecular formula is C18H21FN6O3. The molecule has 0 spiro atoms. The predicted molar refractivity (Wildman–Crippen MR) is 101 cm³/mol. The van der Waals surface area contributed by atoms with Crippen LogP contribution >= 0.6 is 0 Å². The van der Waals surface area contributed by atoms with Crippen molar-refractivity contribution in [3.05, 3.63) is 48.0 Å². The van der Waals surface area contributed by atoms with Crippen molar-refractivity contribution in [2.24, 2.45) is 5.73 Å². The molecule has 0 unspecified atom stereocenters. The SMILES string of the molecule is N[C@@H](CNC(=O)c1ccc(N2CCN(c3ncccn3)CC2)c(F)c1)C(=O)O. The molecule has 4 N–H and O–H groups in total. The summed E-state index contributed by atoms with van der Waals surface area (Å²) in [4.78, 5) is 35.1. The van der Waals surface area contributed by atoms with Gasteiger partial charge in [0, 0.05) is 50.7 Å². The highest BCUT2D eigenvalue weighted by Crippen LogP contribution is 2.23. The number of aliphatic carboxylic acids is 1. The standard InChI is InChI=1S/C18H21FN6O3/c19-13-10-12(16(26)23-11-14(20)17(27)28)2-3-15(13)24-6-8-25(9-7-24)18-21-4-1-5-22-18/h1-5,10,14H,6-9,11,20H2,(H,23,26)(H,27,28)/t14-/m0/s1. The average Bonchev–Trinajstić information content (AvgIpc) is 2.72. The molecule has 1 aliphatic heterocycles. The molecule has 1 amide bonds. The number of nitrogens with zero attached hydrogens (tertiary/aromatic N) is 4. The van der Waals surface area contributed by atoms with E-state index >= 15 is 0 Å². The lowest BCUT2D eigenvalue weighted by atomic mass is 10.1. The number of carboxylic acids is 1. The van der Waals surface area contributed by atoms with Gasteiger partial charge in [0.2, 0.25) is 5.95 Å². The topological polar surface area (TPSA) is 125 Å². The third kappa shape index (κ3) is 4.52. The van der Waals surface area contributed by atoms with Gasteiger partial charge in [0.1, 0.15) is 11.9 Å². The molecule has 2 heterocycles. The smallest absolute Gasteiger partial charge is 0.322 e. The van der Waals surface area contributed by atoms with Crippen LogP contribution in [0.4, 0.5) is 16.0 Å². The van der Waals surface area contributed by atoms with Crippen LogP contribution < -0.4 is 20.9 Å². The summed E-state index contributed by atoms with van der Waals surface area (Å²) in [5.41, 5.74) is 5.86. The zero-order valence-corrected chi connectivity index (χ0v) is 15.1. The Morgan fingerprint density at radius 1 is 1.18 bits per heavy atom. The van der Waals surface area contributed by atoms with E-state index in [1.807, 2.05) is 9.80 Å². The zero-order valence-electron chi connectivity index (χ0n) is 15.1. The normalized spacial score (nSPS) is 15.2. The Hall–Kier alpha value is -3.27. The number of carbonyl (C=O) groups excluding carboxylic acids is 1. The Labute approximate surface area is 161 Å². The fourth-order valence-electron chi connectivity index (χ4n) is 2.90. The zero-order chi connectivity index (χ0) is 20.1. The van der Waals surface area contributed by atoms with Crippen LogP contribution in [0.2, 0.25) is 0 Å². The number of benzene rings is 1. The van der Waals surface area contributed by atoms with Crippen LogP contribution in [0.15, 0.2) is 36.7 Å². The Morgan fingerprint density at radius 2 is 1.82 bits per heavy atom. The molecule has 3 rings (SSSR count). The molecule has 0 saturated carbocycles. The molecule has 148 valence electrons. The summed E-state index contributed by atoms with van der Waals surface area (Å²) in [6.07, 6.45) is 3.36. The van der Waals surface area contributed by atoms with E-state index in [2.05, 4.69) is 15.3 Å². The predicted octanol–water partition coefficient (Wildman–Crippen LogP) is 0.0840. The molecule has 1 aromatic heterocycles. The lowest BCUT2D eigenvalue weighted by molar-refractivity contribution is -0.138. The van der Waals surface area contributed by atoms with E-state index in [9.17, 15) is 14.0 Å². The lowest BCUT2D eigenvalue weighted by Crippen LogP contribution is -2.47. The van der Waals surface area contributed by atoms with Crippen molar-refractivity contribution < 1.29 is 19.1 Å². The Morgan fingerprint density at radius 3 is 2.43 bits per heavy atom. The van der Waals surface area contributed by atoms with Crippen molar-refractivity contribution in [3.8, 4) is 0 Å². The van der Waals surface area contributed by atoms with Crippen LogP contribution in [0.3, 0.4) is 0 Å². The highest BCUT2D eigenvalue weighted by atomic mass is 19.1. The highest BCUT2D eigenvalue weighted by molar-refractivity contribution is 5.95. The maximum atomic E-state index is 14.6. The summed E-state index contributed by atoms with van der Waals surface area (Å²) < 4.78 is 14.6. The quantitative estimate of drug-likeness (QED) is 0.636. The van der Waals surface area contributed by atoms with Gasteiger partial charge in [-0.25, -0.2) is 14.4 Å². The van der Waals surface area contributed by atoms with Crippen molar-refractivity contribution in [3.63, 3.8) is 0 Å². The first-order valence-electron chi connectivity index (χ1n) is 8.79. The number of nitrogens with one attached hydrogen (secondary N) is 1. The van der Waals surface area contributed by atoms with Gasteiger partial charge < -0.3 is 26.0 Å². The number of rotatable bonds is 6. The third-order valence-electron chi connectivity index (χ3n) is 4.46. The van der Waals surface area contributed by atoms with Gasteiger partial charge in [-0.2, -0.15) is 0 Å². The van der Waals surface area contributed by atoms with E-state index in [1.165, 1.54) is 6.07 Å². The number of amides is 1. The van der Waals surface area contributed by atoms with E-state index in [0.29, 0.717) is 37.8 Å². The minimum Gasteiger partial charge on any atom is -0.480 e. The van der Waals surface area contributed by atoms with Gasteiger partial charge in [0.25, 0.3) is 5.91 Å². The van der Waals surface area contributed by atoms with Gasteiger partial charge in [-0.1, -0.05) is 0 Å². The molecule has 28 heavy (non-hydrogen) atoms. The summed E-state index contributed by atoms with van der Waals surface area (Å²) in [5, 5.41) is 11.1. The fraction of sp³-hybridized carbons (Fsp3) is 0.333. The monoisotopic (exact) mass is 388 g/mol. The third-order valence-corrected chi connectivity index (χ3v) is 4.46. The molecule has 0 radical (unpaired) electrons. The van der Waals surface area contributed by atoms with E-state index in [4.69, 9.17) is 10.8 Å². The van der Waals surface area contributed by atoms with Crippen LogP contribution in [0.25, 0.3) is 0 Å². The number of carbonyl (C=O) groups is 2. The summed E-state index contributed by atoms with van der Waals surface area (Å²) in [6.45, 7) is 2.25. The van der Waals surface area contributed by atoms with Crippen LogP contribution in [0, 0.1) is 5.82 Å². The molecule has 1 atom stereocenters. The van der Waals surface area contributed by atoms with E-state index < -0.39 is 23.7 Å². The number of nitrogens with two attached hydrogens (primary N) is 1. The number of piperazine rings is 1. The second-order valence-corrected chi connectivity index (χ2v) is 6.34. The largest absolute Gasteiger partial charge is 0.480 e. The number of aromatic nitrogens is 2. The van der Waals surface area contributed by atoms with Gasteiger partial charge in [0.05, 0.1) is 5.69 Å². The fourth-order valence-corrected chi connectivity index (χ4v) is 2.90. The molecule has 9 nitrogen and oxygen atoms in total. The lowest BCUT2D eigenvalue weighted by Gasteiger charge is -2.36. The number of carboxylic acid groups (broad SMARTS) is 1. The number of hydrogen-bond donors (Lipinski definition) is 3. The van der Waals surface area contributed by atoms with E-state index in [1.54, 1.807) is 24.5 Å². The first-order chi connectivity index (χ1) is 13.5. The first-order valence-corrected chi connectivity index (χ1v) is 8.79. The molecule has 1 aromatic carbocycles. The number of hydrogen-bond acceptors (Lipinski definition) is 7. The van der Waals surface area contributed by atoms with E-state index in [-0.39, 0.29) is 12.1 Å². The second-order valence-electron chi connectivity index (χ2n) is 6.34. The van der Waals surface area contributed by atoms with E-state index in [0.717, 1.165) is 6.07 Å². The van der Waals surface area contributed by atoms with Gasteiger partial charge in [-0.15, -0.1) is 0 Å². The molecule has 1 fully saturated rings. The Balaban J connectivity index is 1.60. The first kappa shape index (κ1) is 19.5. The molecule has 0 bridgehead atoms. The van der Waals surface area contributed by atoms with Crippen molar-refractivity contribution >= 4 is 23.5 Å². The minimum absolute atomic E-state index is 0.107. The molecule has 10 heteroatoms. The van der Waals surface area contributed by atoms with Gasteiger partial charge in [0.15, 0.2) is 0 Å². The van der Waals surface area contributed by atoms with Crippen LogP contribution in [-0.2, 0) is 4.79 Å². The maximum Gasteiger partial charge on any atom is 0.322 e. The maximum absolute atomic E-state index is 14.6. The minimum atomic E-state index is -1.22. The molecule has 1 saturated heterocycles. The highest BCUT2D eigenvalue weighted by Gasteiger charge is 2.22. The molecule has 2 aromatic rings. The summed E-state index contributed by atoms with van der Waals surface area (Å²) in [5.74, 6) is -1.66. The summed E-state index contributed by atoms with van der Waals surface area (Å²) >= 11 is 0. The molecule has 0 aliphatic carbocycles. The number of anilines is 2. The average molecular weight is 388 g/mol. The van der Waals surface area contributed by atoms with Crippen molar-refractivity contribution in [1.29, 1.82) is 0 Å². The Kier molecular flexibility index (Phi) is 5.99. The Bertz CT molecular complexity index is 842. The van der Waals surface area contributed by atoms with Gasteiger partial charge >= 0.3 is 5.97 Å². The summed E-state index contributed by atoms with van der Waals surface area (Å²) in [7, 11) is 0. The number of halogens is 1. The van der Waals surface area contributed by atoms with Crippen LogP contribution in [0.5, 0.6) is 0 Å². The summed E-state index contributed by atoms with van der Waals surface area (Å²) in [6, 6.07) is 4.74.